The number of esters is 1. The second kappa shape index (κ2) is 9.89. The lowest BCUT2D eigenvalue weighted by molar-refractivity contribution is 0.0525. The zero-order chi connectivity index (χ0) is 21.4. The molecule has 0 spiro atoms. The van der Waals surface area contributed by atoms with E-state index in [4.69, 9.17) is 14.9 Å². The van der Waals surface area contributed by atoms with Crippen molar-refractivity contribution in [1.82, 2.24) is 4.98 Å². The molecule has 7 nitrogen and oxygen atoms in total. The van der Waals surface area contributed by atoms with Crippen molar-refractivity contribution in [1.29, 1.82) is 0 Å². The number of benzene rings is 2. The molecule has 1 heterocycles. The number of aromatic amines is 1. The first-order valence-corrected chi connectivity index (χ1v) is 8.82. The first-order chi connectivity index (χ1) is 13.8. The van der Waals surface area contributed by atoms with Crippen LogP contribution in [0.25, 0.3) is 11.3 Å². The Morgan fingerprint density at radius 2 is 1.48 bits per heavy atom. The van der Waals surface area contributed by atoms with Crippen LogP contribution in [0.15, 0.2) is 60.8 Å². The average Bonchev–Trinajstić information content (AvgIpc) is 3.23. The highest BCUT2D eigenvalue weighted by molar-refractivity contribution is 5.96. The topological polar surface area (TPSA) is 117 Å². The van der Waals surface area contributed by atoms with Crippen LogP contribution in [0.4, 0.5) is 0 Å². The second-order valence-corrected chi connectivity index (χ2v) is 5.97. The van der Waals surface area contributed by atoms with E-state index in [0.717, 1.165) is 11.3 Å². The first kappa shape index (κ1) is 21.4. The molecule has 0 unspecified atom stereocenters. The van der Waals surface area contributed by atoms with E-state index in [9.17, 15) is 14.4 Å². The molecule has 7 heteroatoms. The molecule has 0 atom stereocenters. The molecule has 2 aromatic carbocycles. The summed E-state index contributed by atoms with van der Waals surface area (Å²) in [6, 6.07) is 15.4. The average molecular weight is 395 g/mol. The fourth-order valence-electron chi connectivity index (χ4n) is 2.61. The van der Waals surface area contributed by atoms with Crippen LogP contribution in [-0.4, -0.2) is 39.7 Å². The number of carboxylic acids is 2. The van der Waals surface area contributed by atoms with Crippen molar-refractivity contribution in [2.75, 3.05) is 6.61 Å². The minimum absolute atomic E-state index is 0.0277. The molecule has 0 radical (unpaired) electrons. The van der Waals surface area contributed by atoms with E-state index in [1.165, 1.54) is 25.1 Å². The Balaban J connectivity index is 0.000000212. The normalized spacial score (nSPS) is 9.86. The predicted molar refractivity (Wildman–Crippen MR) is 107 cm³/mol. The van der Waals surface area contributed by atoms with Gasteiger partial charge in [-0.3, -0.25) is 0 Å². The summed E-state index contributed by atoms with van der Waals surface area (Å²) in [4.78, 5) is 35.7. The van der Waals surface area contributed by atoms with Gasteiger partial charge in [0.15, 0.2) is 0 Å². The van der Waals surface area contributed by atoms with Crippen molar-refractivity contribution in [2.45, 2.75) is 13.8 Å². The number of aromatic nitrogens is 1. The van der Waals surface area contributed by atoms with Gasteiger partial charge >= 0.3 is 17.9 Å². The van der Waals surface area contributed by atoms with Gasteiger partial charge in [-0.1, -0.05) is 18.2 Å². The van der Waals surface area contributed by atoms with Crippen molar-refractivity contribution < 1.29 is 29.3 Å². The smallest absolute Gasteiger partial charge is 0.338 e. The molecule has 3 rings (SSSR count). The number of carbonyl (C=O) groups excluding carboxylic acids is 1. The van der Waals surface area contributed by atoms with Crippen LogP contribution in [0.3, 0.4) is 0 Å². The van der Waals surface area contributed by atoms with Gasteiger partial charge < -0.3 is 19.9 Å². The molecule has 1 aromatic heterocycles. The summed E-state index contributed by atoms with van der Waals surface area (Å²) < 4.78 is 4.91. The van der Waals surface area contributed by atoms with Gasteiger partial charge in [-0.05, 0) is 61.4 Å². The van der Waals surface area contributed by atoms with E-state index in [1.807, 2.05) is 30.5 Å². The van der Waals surface area contributed by atoms with E-state index < -0.39 is 11.9 Å². The highest BCUT2D eigenvalue weighted by Crippen LogP contribution is 2.17. The molecule has 3 N–H and O–H groups in total. The van der Waals surface area contributed by atoms with Gasteiger partial charge in [-0.2, -0.15) is 0 Å². The monoisotopic (exact) mass is 395 g/mol. The Morgan fingerprint density at radius 3 is 1.93 bits per heavy atom. The second-order valence-electron chi connectivity index (χ2n) is 5.97. The zero-order valence-electron chi connectivity index (χ0n) is 16.0. The minimum atomic E-state index is -1.11. The molecule has 0 saturated heterocycles. The molecule has 0 aliphatic heterocycles. The fourth-order valence-corrected chi connectivity index (χ4v) is 2.61. The third-order valence-corrected chi connectivity index (χ3v) is 4.10. The lowest BCUT2D eigenvalue weighted by Crippen LogP contribution is -2.06. The summed E-state index contributed by atoms with van der Waals surface area (Å²) in [6.45, 7) is 3.68. The summed E-state index contributed by atoms with van der Waals surface area (Å²) in [5, 5.41) is 17.4. The van der Waals surface area contributed by atoms with Gasteiger partial charge in [0.1, 0.15) is 0 Å². The number of carbonyl (C=O) groups is 3. The largest absolute Gasteiger partial charge is 0.478 e. The van der Waals surface area contributed by atoms with Gasteiger partial charge in [0.25, 0.3) is 0 Å². The Labute approximate surface area is 167 Å². The molecule has 29 heavy (non-hydrogen) atoms. The summed E-state index contributed by atoms with van der Waals surface area (Å²) >= 11 is 0. The van der Waals surface area contributed by atoms with E-state index in [-0.39, 0.29) is 22.7 Å². The van der Waals surface area contributed by atoms with E-state index in [2.05, 4.69) is 4.98 Å². The van der Waals surface area contributed by atoms with Crippen LogP contribution >= 0.6 is 0 Å². The molecule has 3 aromatic rings. The molecule has 0 aliphatic rings. The van der Waals surface area contributed by atoms with Crippen molar-refractivity contribution in [2.24, 2.45) is 0 Å². The first-order valence-electron chi connectivity index (χ1n) is 8.82. The molecule has 0 bridgehead atoms. The van der Waals surface area contributed by atoms with Crippen molar-refractivity contribution in [3.63, 3.8) is 0 Å². The fraction of sp³-hybridized carbons (Fsp3) is 0.136. The summed E-state index contributed by atoms with van der Waals surface area (Å²) in [5.41, 5.74) is 3.01. The summed E-state index contributed by atoms with van der Waals surface area (Å²) in [7, 11) is 0. The Morgan fingerprint density at radius 1 is 0.897 bits per heavy atom. The molecule has 0 saturated carbocycles. The quantitative estimate of drug-likeness (QED) is 0.556. The number of hydrogen-bond acceptors (Lipinski definition) is 4. The van der Waals surface area contributed by atoms with Crippen molar-refractivity contribution >= 4 is 17.9 Å². The summed E-state index contributed by atoms with van der Waals surface area (Å²) in [6.07, 6.45) is 1.87. The van der Waals surface area contributed by atoms with Crippen LogP contribution in [0.2, 0.25) is 0 Å². The number of rotatable bonds is 5. The van der Waals surface area contributed by atoms with E-state index in [0.29, 0.717) is 12.2 Å². The molecular formula is C22H21NO6. The van der Waals surface area contributed by atoms with Crippen LogP contribution in [-0.2, 0) is 4.74 Å². The molecule has 0 amide bonds. The van der Waals surface area contributed by atoms with Crippen molar-refractivity contribution in [3.05, 3.63) is 83.0 Å². The SMILES string of the molecule is CCOC(=O)c1ccc(-c2ccc[nH]2)cc1.Cc1c(C(=O)O)cccc1C(=O)O. The lowest BCUT2D eigenvalue weighted by Gasteiger charge is -2.03. The molecule has 0 aliphatic carbocycles. The number of aromatic carboxylic acids is 2. The maximum Gasteiger partial charge on any atom is 0.338 e. The van der Waals surface area contributed by atoms with Crippen LogP contribution < -0.4 is 0 Å². The Hall–Kier alpha value is -3.87. The zero-order valence-corrected chi connectivity index (χ0v) is 16.0. The number of carboxylic acid groups (broad SMARTS) is 2. The molecule has 0 fully saturated rings. The van der Waals surface area contributed by atoms with Crippen LogP contribution in [0.5, 0.6) is 0 Å². The Kier molecular flexibility index (Phi) is 7.31. The maximum absolute atomic E-state index is 11.4. The lowest BCUT2D eigenvalue weighted by atomic mass is 10.0. The molecular weight excluding hydrogens is 374 g/mol. The number of hydrogen-bond donors (Lipinski definition) is 3. The Bertz CT molecular complexity index is 958. The third-order valence-electron chi connectivity index (χ3n) is 4.10. The van der Waals surface area contributed by atoms with E-state index >= 15 is 0 Å². The maximum atomic E-state index is 11.4. The number of nitrogens with one attached hydrogen (secondary N) is 1. The third kappa shape index (κ3) is 5.55. The highest BCUT2D eigenvalue weighted by atomic mass is 16.5. The van der Waals surface area contributed by atoms with Crippen LogP contribution in [0, 0.1) is 6.92 Å². The minimum Gasteiger partial charge on any atom is -0.478 e. The standard InChI is InChI=1S/C13H13NO2.C9H8O4/c1-2-16-13(15)11-7-5-10(6-8-11)12-4-3-9-14-12;1-5-6(8(10)11)3-2-4-7(5)9(12)13/h3-9,14H,2H2,1H3;2-4H,1H3,(H,10,11)(H,12,13). The molecule has 150 valence electrons. The van der Waals surface area contributed by atoms with Gasteiger partial charge in [0, 0.05) is 11.9 Å². The van der Waals surface area contributed by atoms with Gasteiger partial charge in [-0.15, -0.1) is 0 Å². The predicted octanol–water partition coefficient (Wildman–Crippen LogP) is 4.25. The highest BCUT2D eigenvalue weighted by Gasteiger charge is 2.13. The van der Waals surface area contributed by atoms with Gasteiger partial charge in [0.05, 0.1) is 23.3 Å². The number of ether oxygens (including phenoxy) is 1. The summed E-state index contributed by atoms with van der Waals surface area (Å²) in [5.74, 6) is -2.50. The van der Waals surface area contributed by atoms with Crippen molar-refractivity contribution in [3.8, 4) is 11.3 Å². The van der Waals surface area contributed by atoms with Gasteiger partial charge in [0.2, 0.25) is 0 Å². The van der Waals surface area contributed by atoms with Gasteiger partial charge in [-0.25, -0.2) is 14.4 Å². The van der Waals surface area contributed by atoms with E-state index in [1.54, 1.807) is 19.1 Å². The van der Waals surface area contributed by atoms with Crippen LogP contribution in [0.1, 0.15) is 43.6 Å². The number of H-pyrrole nitrogens is 1.